The minimum absolute atomic E-state index is 0.308. The Bertz CT molecular complexity index is 522. The van der Waals surface area contributed by atoms with Gasteiger partial charge in [-0.25, -0.2) is 0 Å². The molecule has 0 radical (unpaired) electrons. The maximum Gasteiger partial charge on any atom is 0.225 e. The standard InChI is InChI=1S/C12H13BrClN3/c1-8(2)11-15-16-12(14)17(11)7-9-4-3-5-10(13)6-9/h3-6,8H,7H2,1-2H3. The zero-order valence-electron chi connectivity index (χ0n) is 9.69. The Kier molecular flexibility index (Phi) is 3.84. The molecular formula is C12H13BrClN3. The third-order valence-corrected chi connectivity index (χ3v) is 3.25. The van der Waals surface area contributed by atoms with Gasteiger partial charge in [-0.05, 0) is 29.3 Å². The maximum absolute atomic E-state index is 6.06. The van der Waals surface area contributed by atoms with E-state index in [0.717, 1.165) is 10.3 Å². The second kappa shape index (κ2) is 5.19. The van der Waals surface area contributed by atoms with Crippen LogP contribution in [-0.4, -0.2) is 14.8 Å². The van der Waals surface area contributed by atoms with Crippen molar-refractivity contribution in [1.82, 2.24) is 14.8 Å². The fourth-order valence-electron chi connectivity index (χ4n) is 1.69. The quantitative estimate of drug-likeness (QED) is 0.861. The molecule has 0 spiro atoms. The molecule has 0 N–H and O–H groups in total. The summed E-state index contributed by atoms with van der Waals surface area (Å²) in [6, 6.07) is 8.14. The van der Waals surface area contributed by atoms with E-state index in [4.69, 9.17) is 11.6 Å². The SMILES string of the molecule is CC(C)c1nnc(Cl)n1Cc1cccc(Br)c1. The van der Waals surface area contributed by atoms with Crippen LogP contribution in [0.15, 0.2) is 28.7 Å². The lowest BCUT2D eigenvalue weighted by molar-refractivity contribution is 0.669. The summed E-state index contributed by atoms with van der Waals surface area (Å²) in [7, 11) is 0. The van der Waals surface area contributed by atoms with E-state index < -0.39 is 0 Å². The van der Waals surface area contributed by atoms with Crippen molar-refractivity contribution in [2.45, 2.75) is 26.3 Å². The van der Waals surface area contributed by atoms with Crippen LogP contribution >= 0.6 is 27.5 Å². The van der Waals surface area contributed by atoms with E-state index in [1.807, 2.05) is 16.7 Å². The van der Waals surface area contributed by atoms with Crippen LogP contribution in [0, 0.1) is 0 Å². The van der Waals surface area contributed by atoms with E-state index in [-0.39, 0.29) is 0 Å². The lowest BCUT2D eigenvalue weighted by Gasteiger charge is -2.10. The van der Waals surface area contributed by atoms with Crippen molar-refractivity contribution >= 4 is 27.5 Å². The Morgan fingerprint density at radius 1 is 1.35 bits per heavy atom. The van der Waals surface area contributed by atoms with E-state index in [2.05, 4.69) is 52.1 Å². The summed E-state index contributed by atoms with van der Waals surface area (Å²) < 4.78 is 3.00. The van der Waals surface area contributed by atoms with Crippen molar-refractivity contribution in [3.63, 3.8) is 0 Å². The van der Waals surface area contributed by atoms with Crippen LogP contribution in [-0.2, 0) is 6.54 Å². The van der Waals surface area contributed by atoms with Crippen molar-refractivity contribution in [3.05, 3.63) is 45.4 Å². The Balaban J connectivity index is 2.32. The number of aromatic nitrogens is 3. The summed E-state index contributed by atoms with van der Waals surface area (Å²) in [5.74, 6) is 1.22. The molecule has 5 heteroatoms. The molecule has 0 aliphatic rings. The molecule has 0 aliphatic heterocycles. The van der Waals surface area contributed by atoms with Gasteiger partial charge in [0.15, 0.2) is 0 Å². The number of hydrogen-bond acceptors (Lipinski definition) is 2. The molecule has 1 aromatic carbocycles. The van der Waals surface area contributed by atoms with Crippen molar-refractivity contribution < 1.29 is 0 Å². The minimum atomic E-state index is 0.308. The fourth-order valence-corrected chi connectivity index (χ4v) is 2.32. The van der Waals surface area contributed by atoms with Crippen molar-refractivity contribution in [2.75, 3.05) is 0 Å². The Hall–Kier alpha value is -0.870. The summed E-state index contributed by atoms with van der Waals surface area (Å²) in [5.41, 5.74) is 1.17. The summed E-state index contributed by atoms with van der Waals surface area (Å²) in [6.07, 6.45) is 0. The highest BCUT2D eigenvalue weighted by Gasteiger charge is 2.13. The zero-order chi connectivity index (χ0) is 12.4. The summed E-state index contributed by atoms with van der Waals surface area (Å²) in [5, 5.41) is 8.46. The summed E-state index contributed by atoms with van der Waals surface area (Å²) in [4.78, 5) is 0. The van der Waals surface area contributed by atoms with E-state index in [9.17, 15) is 0 Å². The van der Waals surface area contributed by atoms with Gasteiger partial charge in [-0.2, -0.15) is 0 Å². The third kappa shape index (κ3) is 2.87. The van der Waals surface area contributed by atoms with E-state index >= 15 is 0 Å². The number of hydrogen-bond donors (Lipinski definition) is 0. The topological polar surface area (TPSA) is 30.7 Å². The second-order valence-electron chi connectivity index (χ2n) is 4.20. The maximum atomic E-state index is 6.06. The molecule has 1 heterocycles. The third-order valence-electron chi connectivity index (χ3n) is 2.48. The first-order valence-electron chi connectivity index (χ1n) is 5.41. The van der Waals surface area contributed by atoms with Crippen molar-refractivity contribution in [3.8, 4) is 0 Å². The Morgan fingerprint density at radius 3 is 2.76 bits per heavy atom. The predicted octanol–water partition coefficient (Wildman–Crippen LogP) is 3.87. The average Bonchev–Trinajstić information content (AvgIpc) is 2.61. The lowest BCUT2D eigenvalue weighted by Crippen LogP contribution is -2.06. The van der Waals surface area contributed by atoms with Crippen molar-refractivity contribution in [1.29, 1.82) is 0 Å². The monoisotopic (exact) mass is 313 g/mol. The van der Waals surface area contributed by atoms with Crippen LogP contribution in [0.25, 0.3) is 0 Å². The van der Waals surface area contributed by atoms with Gasteiger partial charge in [0.05, 0.1) is 6.54 Å². The highest BCUT2D eigenvalue weighted by atomic mass is 79.9. The van der Waals surface area contributed by atoms with Gasteiger partial charge in [-0.3, -0.25) is 4.57 Å². The Labute approximate surface area is 114 Å². The molecule has 90 valence electrons. The first-order valence-corrected chi connectivity index (χ1v) is 6.58. The number of benzene rings is 1. The summed E-state index contributed by atoms with van der Waals surface area (Å²) >= 11 is 9.52. The number of nitrogens with zero attached hydrogens (tertiary/aromatic N) is 3. The van der Waals surface area contributed by atoms with Gasteiger partial charge in [0.1, 0.15) is 5.82 Å². The zero-order valence-corrected chi connectivity index (χ0v) is 12.0. The van der Waals surface area contributed by atoms with Crippen LogP contribution in [0.5, 0.6) is 0 Å². The molecule has 0 aliphatic carbocycles. The highest BCUT2D eigenvalue weighted by Crippen LogP contribution is 2.19. The fraction of sp³-hybridized carbons (Fsp3) is 0.333. The van der Waals surface area contributed by atoms with E-state index in [1.54, 1.807) is 0 Å². The van der Waals surface area contributed by atoms with Crippen LogP contribution in [0.1, 0.15) is 31.2 Å². The highest BCUT2D eigenvalue weighted by molar-refractivity contribution is 9.10. The first kappa shape index (κ1) is 12.6. The van der Waals surface area contributed by atoms with Crippen LogP contribution in [0.4, 0.5) is 0 Å². The van der Waals surface area contributed by atoms with Gasteiger partial charge in [0.2, 0.25) is 5.28 Å². The largest absolute Gasteiger partial charge is 0.297 e. The first-order chi connectivity index (χ1) is 8.08. The molecule has 2 aromatic rings. The minimum Gasteiger partial charge on any atom is -0.297 e. The molecule has 0 saturated heterocycles. The molecule has 2 rings (SSSR count). The molecule has 17 heavy (non-hydrogen) atoms. The van der Waals surface area contributed by atoms with Crippen LogP contribution < -0.4 is 0 Å². The van der Waals surface area contributed by atoms with Gasteiger partial charge >= 0.3 is 0 Å². The second-order valence-corrected chi connectivity index (χ2v) is 5.45. The lowest BCUT2D eigenvalue weighted by atomic mass is 10.2. The van der Waals surface area contributed by atoms with E-state index in [0.29, 0.717) is 17.7 Å². The van der Waals surface area contributed by atoms with Gasteiger partial charge in [-0.1, -0.05) is 41.9 Å². The molecule has 0 amide bonds. The molecule has 1 aromatic heterocycles. The molecule has 0 saturated carbocycles. The predicted molar refractivity (Wildman–Crippen MR) is 72.4 cm³/mol. The summed E-state index contributed by atoms with van der Waals surface area (Å²) in [6.45, 7) is 4.86. The molecule has 0 fully saturated rings. The van der Waals surface area contributed by atoms with Crippen LogP contribution in [0.2, 0.25) is 5.28 Å². The van der Waals surface area contributed by atoms with Crippen molar-refractivity contribution in [2.24, 2.45) is 0 Å². The Morgan fingerprint density at radius 2 is 2.12 bits per heavy atom. The smallest absolute Gasteiger partial charge is 0.225 e. The van der Waals surface area contributed by atoms with E-state index in [1.165, 1.54) is 5.56 Å². The molecule has 0 unspecified atom stereocenters. The molecule has 0 bridgehead atoms. The number of rotatable bonds is 3. The molecular weight excluding hydrogens is 302 g/mol. The van der Waals surface area contributed by atoms with Gasteiger partial charge in [-0.15, -0.1) is 10.2 Å². The van der Waals surface area contributed by atoms with Gasteiger partial charge < -0.3 is 0 Å². The van der Waals surface area contributed by atoms with Gasteiger partial charge in [0.25, 0.3) is 0 Å². The number of halogens is 2. The van der Waals surface area contributed by atoms with Gasteiger partial charge in [0, 0.05) is 10.4 Å². The average molecular weight is 315 g/mol. The molecule has 3 nitrogen and oxygen atoms in total. The normalized spacial score (nSPS) is 11.1. The molecule has 0 atom stereocenters. The van der Waals surface area contributed by atoms with Crippen LogP contribution in [0.3, 0.4) is 0 Å².